The number of aromatic nitrogens is 2. The number of carbonyl (C=O) groups is 1. The Morgan fingerprint density at radius 2 is 1.79 bits per heavy atom. The van der Waals surface area contributed by atoms with E-state index in [1.54, 1.807) is 6.20 Å². The number of hydrogen-bond acceptors (Lipinski definition) is 3. The first-order chi connectivity index (χ1) is 18.7. The van der Waals surface area contributed by atoms with Crippen LogP contribution in [0.15, 0.2) is 72.9 Å². The second-order valence-corrected chi connectivity index (χ2v) is 10.8. The van der Waals surface area contributed by atoms with Gasteiger partial charge in [0.2, 0.25) is 5.91 Å². The van der Waals surface area contributed by atoms with E-state index in [4.69, 9.17) is 23.8 Å². The molecule has 39 heavy (non-hydrogen) atoms. The maximum absolute atomic E-state index is 12.9. The number of halogens is 1. The van der Waals surface area contributed by atoms with E-state index in [-0.39, 0.29) is 18.0 Å². The summed E-state index contributed by atoms with van der Waals surface area (Å²) in [5, 5.41) is 7.83. The van der Waals surface area contributed by atoms with Gasteiger partial charge in [-0.05, 0) is 87.9 Å². The number of anilines is 1. The van der Waals surface area contributed by atoms with Gasteiger partial charge in [0.25, 0.3) is 0 Å². The highest BCUT2D eigenvalue weighted by atomic mass is 35.5. The summed E-state index contributed by atoms with van der Waals surface area (Å²) in [5.41, 5.74) is 8.46. The highest BCUT2D eigenvalue weighted by molar-refractivity contribution is 7.80. The van der Waals surface area contributed by atoms with E-state index in [9.17, 15) is 4.79 Å². The molecule has 4 aromatic rings. The molecule has 0 bridgehead atoms. The zero-order chi connectivity index (χ0) is 27.7. The number of carbonyl (C=O) groups excluding carboxylic acids is 1. The van der Waals surface area contributed by atoms with E-state index in [0.29, 0.717) is 23.1 Å². The van der Waals surface area contributed by atoms with Crippen molar-refractivity contribution in [3.63, 3.8) is 0 Å². The molecule has 200 valence electrons. The van der Waals surface area contributed by atoms with Crippen LogP contribution in [0.1, 0.15) is 52.3 Å². The first-order valence-electron chi connectivity index (χ1n) is 13.0. The van der Waals surface area contributed by atoms with E-state index < -0.39 is 0 Å². The highest BCUT2D eigenvalue weighted by Crippen LogP contribution is 2.43. The first kappa shape index (κ1) is 26.9. The zero-order valence-electron chi connectivity index (χ0n) is 22.5. The van der Waals surface area contributed by atoms with Crippen LogP contribution >= 0.6 is 23.8 Å². The molecule has 1 aliphatic heterocycles. The van der Waals surface area contributed by atoms with Crippen LogP contribution in [0, 0.1) is 27.7 Å². The first-order valence-corrected chi connectivity index (χ1v) is 13.8. The molecule has 2 atom stereocenters. The number of thiocarbonyl (C=S) groups is 1. The third kappa shape index (κ3) is 5.42. The molecule has 8 heteroatoms. The molecule has 1 aliphatic rings. The van der Waals surface area contributed by atoms with Crippen molar-refractivity contribution in [2.75, 3.05) is 11.9 Å². The van der Waals surface area contributed by atoms with Gasteiger partial charge in [-0.2, -0.15) is 0 Å². The summed E-state index contributed by atoms with van der Waals surface area (Å²) in [7, 11) is 0. The van der Waals surface area contributed by atoms with Crippen molar-refractivity contribution < 1.29 is 4.79 Å². The lowest BCUT2D eigenvalue weighted by Gasteiger charge is -2.29. The van der Waals surface area contributed by atoms with Gasteiger partial charge in [0.15, 0.2) is 5.11 Å². The van der Waals surface area contributed by atoms with Gasteiger partial charge in [0, 0.05) is 52.5 Å². The number of hydrogen-bond donors (Lipinski definition) is 2. The predicted octanol–water partition coefficient (Wildman–Crippen LogP) is 6.76. The van der Waals surface area contributed by atoms with Crippen molar-refractivity contribution in [2.45, 2.75) is 46.2 Å². The largest absolute Gasteiger partial charge is 0.352 e. The predicted molar refractivity (Wildman–Crippen MR) is 162 cm³/mol. The number of nitrogens with one attached hydrogen (secondary N) is 2. The molecule has 0 saturated carbocycles. The van der Waals surface area contributed by atoms with Gasteiger partial charge in [0.05, 0.1) is 17.8 Å². The van der Waals surface area contributed by atoms with Crippen LogP contribution in [0.2, 0.25) is 5.02 Å². The zero-order valence-corrected chi connectivity index (χ0v) is 24.1. The fourth-order valence-electron chi connectivity index (χ4n) is 5.49. The monoisotopic (exact) mass is 557 g/mol. The highest BCUT2D eigenvalue weighted by Gasteiger charge is 2.42. The van der Waals surface area contributed by atoms with Crippen LogP contribution in [0.5, 0.6) is 0 Å². The number of aryl methyl sites for hydroxylation is 1. The standard InChI is InChI=1S/C31H32ClN5OS/c1-19-11-13-24(14-12-19)34-27(38)15-17-36-30(29(35-31(36)39)26-10-5-6-16-33-26)28-20(2)21(3)37(22(28)4)25-9-7-8-23(32)18-25/h5-14,16,18,29-30H,15,17H2,1-4H3,(H,34,38)(H,35,39)/t29-,30+/m1/s1. The molecule has 3 heterocycles. The summed E-state index contributed by atoms with van der Waals surface area (Å²) in [6.45, 7) is 8.91. The lowest BCUT2D eigenvalue weighted by atomic mass is 9.93. The third-order valence-electron chi connectivity index (χ3n) is 7.48. The van der Waals surface area contributed by atoms with E-state index in [2.05, 4.69) is 51.9 Å². The van der Waals surface area contributed by atoms with Gasteiger partial charge in [-0.1, -0.05) is 41.4 Å². The van der Waals surface area contributed by atoms with Crippen molar-refractivity contribution in [3.05, 3.63) is 112 Å². The van der Waals surface area contributed by atoms with Gasteiger partial charge in [0.1, 0.15) is 0 Å². The van der Waals surface area contributed by atoms with Gasteiger partial charge in [-0.3, -0.25) is 9.78 Å². The fourth-order valence-corrected chi connectivity index (χ4v) is 6.00. The van der Waals surface area contributed by atoms with Crippen LogP contribution in [0.3, 0.4) is 0 Å². The van der Waals surface area contributed by atoms with Crippen LogP contribution in [0.25, 0.3) is 5.69 Å². The second-order valence-electron chi connectivity index (χ2n) is 10.0. The Bertz CT molecular complexity index is 1520. The van der Waals surface area contributed by atoms with Crippen molar-refractivity contribution in [1.29, 1.82) is 0 Å². The Morgan fingerprint density at radius 1 is 1.03 bits per heavy atom. The fraction of sp³-hybridized carbons (Fsp3) is 0.258. The van der Waals surface area contributed by atoms with Crippen LogP contribution in [-0.2, 0) is 4.79 Å². The minimum absolute atomic E-state index is 0.0530. The molecule has 2 aromatic carbocycles. The van der Waals surface area contributed by atoms with E-state index >= 15 is 0 Å². The Morgan fingerprint density at radius 3 is 2.49 bits per heavy atom. The Balaban J connectivity index is 1.50. The molecule has 0 aliphatic carbocycles. The van der Waals surface area contributed by atoms with Crippen molar-refractivity contribution >= 4 is 40.5 Å². The molecule has 2 N–H and O–H groups in total. The lowest BCUT2D eigenvalue weighted by Crippen LogP contribution is -2.33. The van der Waals surface area contributed by atoms with Gasteiger partial charge < -0.3 is 20.1 Å². The topological polar surface area (TPSA) is 62.2 Å². The molecule has 5 rings (SSSR count). The number of rotatable bonds is 7. The Labute approximate surface area is 240 Å². The molecule has 2 aromatic heterocycles. The Hall–Kier alpha value is -3.68. The number of benzene rings is 2. The lowest BCUT2D eigenvalue weighted by molar-refractivity contribution is -0.116. The summed E-state index contributed by atoms with van der Waals surface area (Å²) < 4.78 is 2.25. The van der Waals surface area contributed by atoms with Crippen LogP contribution < -0.4 is 10.6 Å². The summed E-state index contributed by atoms with van der Waals surface area (Å²) >= 11 is 12.2. The van der Waals surface area contributed by atoms with E-state index in [0.717, 1.165) is 34.0 Å². The summed E-state index contributed by atoms with van der Waals surface area (Å²) in [4.78, 5) is 19.7. The van der Waals surface area contributed by atoms with Gasteiger partial charge >= 0.3 is 0 Å². The maximum Gasteiger partial charge on any atom is 0.226 e. The van der Waals surface area contributed by atoms with Crippen molar-refractivity contribution in [3.8, 4) is 5.69 Å². The number of pyridine rings is 1. The van der Waals surface area contributed by atoms with Crippen LogP contribution in [0.4, 0.5) is 5.69 Å². The molecule has 1 saturated heterocycles. The Kier molecular flexibility index (Phi) is 7.73. The molecular weight excluding hydrogens is 526 g/mol. The quantitative estimate of drug-likeness (QED) is 0.246. The van der Waals surface area contributed by atoms with E-state index in [1.165, 1.54) is 11.1 Å². The van der Waals surface area contributed by atoms with Gasteiger partial charge in [-0.15, -0.1) is 0 Å². The average molecular weight is 558 g/mol. The van der Waals surface area contributed by atoms with Crippen LogP contribution in [-0.4, -0.2) is 32.0 Å². The smallest absolute Gasteiger partial charge is 0.226 e. The summed E-state index contributed by atoms with van der Waals surface area (Å²) in [6.07, 6.45) is 2.10. The summed E-state index contributed by atoms with van der Waals surface area (Å²) in [6, 6.07) is 21.3. The molecule has 1 fully saturated rings. The minimum atomic E-state index is -0.161. The normalized spacial score (nSPS) is 16.8. The second kappa shape index (κ2) is 11.2. The molecule has 1 amide bonds. The maximum atomic E-state index is 12.9. The van der Waals surface area contributed by atoms with Crippen molar-refractivity contribution in [1.82, 2.24) is 19.8 Å². The van der Waals surface area contributed by atoms with Crippen molar-refractivity contribution in [2.24, 2.45) is 0 Å². The molecule has 0 radical (unpaired) electrons. The SMILES string of the molecule is Cc1ccc(NC(=O)CCN2C(=S)N[C@H](c3ccccn3)[C@@H]2c2c(C)c(C)n(-c3cccc(Cl)c3)c2C)cc1. The average Bonchev–Trinajstić information content (AvgIpc) is 3.35. The minimum Gasteiger partial charge on any atom is -0.352 e. The number of nitrogens with zero attached hydrogens (tertiary/aromatic N) is 3. The molecule has 6 nitrogen and oxygen atoms in total. The van der Waals surface area contributed by atoms with Gasteiger partial charge in [-0.25, -0.2) is 0 Å². The molecule has 0 unspecified atom stereocenters. The van der Waals surface area contributed by atoms with E-state index in [1.807, 2.05) is 67.6 Å². The third-order valence-corrected chi connectivity index (χ3v) is 8.07. The molecular formula is C31H32ClN5OS. The molecule has 0 spiro atoms. The summed E-state index contributed by atoms with van der Waals surface area (Å²) in [5.74, 6) is -0.0530. The number of amides is 1.